The molecular weight excluding hydrogens is 264 g/mol. The Balaban J connectivity index is 0.000000366. The summed E-state index contributed by atoms with van der Waals surface area (Å²) in [5.74, 6) is 0. The van der Waals surface area contributed by atoms with Gasteiger partial charge < -0.3 is 0 Å². The Kier molecular flexibility index (Phi) is 9.49. The van der Waals surface area contributed by atoms with Gasteiger partial charge >= 0.3 is 0 Å². The summed E-state index contributed by atoms with van der Waals surface area (Å²) in [5.41, 5.74) is 5.88. The summed E-state index contributed by atoms with van der Waals surface area (Å²) in [4.78, 5) is 0. The van der Waals surface area contributed by atoms with Crippen LogP contribution in [0.5, 0.6) is 0 Å². The van der Waals surface area contributed by atoms with Crippen LogP contribution in [0, 0.1) is 13.8 Å². The molecule has 0 aliphatic rings. The molecule has 0 saturated carbocycles. The molecule has 0 nitrogen and oxygen atoms in total. The topological polar surface area (TPSA) is 0 Å². The van der Waals surface area contributed by atoms with Crippen molar-refractivity contribution in [1.29, 1.82) is 0 Å². The SMILES string of the molecule is CC.CCc1ccccc1C.Cc1ccc(C(C)(C)C)cc1. The van der Waals surface area contributed by atoms with E-state index in [9.17, 15) is 0 Å². The van der Waals surface area contributed by atoms with Gasteiger partial charge in [0.15, 0.2) is 0 Å². The fourth-order valence-electron chi connectivity index (χ4n) is 2.06. The molecule has 0 atom stereocenters. The minimum Gasteiger partial charge on any atom is -0.0683 e. The van der Waals surface area contributed by atoms with Gasteiger partial charge in [0.1, 0.15) is 0 Å². The standard InChI is InChI=1S/C11H16.C9H12.C2H6/c1-9-5-7-10(8-6-9)11(2,3)4;1-3-9-7-5-4-6-8(9)2;1-2/h5-8H,1-4H3;4-7H,3H2,1-2H3;1-2H3. The highest BCUT2D eigenvalue weighted by molar-refractivity contribution is 5.26. The number of aryl methyl sites for hydroxylation is 3. The Morgan fingerprint density at radius 2 is 1.27 bits per heavy atom. The van der Waals surface area contributed by atoms with Crippen LogP contribution < -0.4 is 0 Å². The van der Waals surface area contributed by atoms with Gasteiger partial charge in [-0.3, -0.25) is 0 Å². The molecule has 0 fully saturated rings. The lowest BCUT2D eigenvalue weighted by molar-refractivity contribution is 0.590. The first kappa shape index (κ1) is 20.4. The fourth-order valence-corrected chi connectivity index (χ4v) is 2.06. The molecule has 0 heteroatoms. The van der Waals surface area contributed by atoms with Crippen molar-refractivity contribution >= 4 is 0 Å². The van der Waals surface area contributed by atoms with Crippen LogP contribution in [-0.4, -0.2) is 0 Å². The molecule has 0 aliphatic heterocycles. The molecular formula is C22H34. The van der Waals surface area contributed by atoms with E-state index in [0.717, 1.165) is 6.42 Å². The van der Waals surface area contributed by atoms with E-state index in [2.05, 4.69) is 90.1 Å². The summed E-state index contributed by atoms with van der Waals surface area (Å²) in [6.45, 7) is 17.2. The maximum atomic E-state index is 2.23. The van der Waals surface area contributed by atoms with Gasteiger partial charge in [0.05, 0.1) is 0 Å². The minimum atomic E-state index is 0.285. The van der Waals surface area contributed by atoms with Gasteiger partial charge in [0.25, 0.3) is 0 Å². The highest BCUT2D eigenvalue weighted by atomic mass is 14.2. The lowest BCUT2D eigenvalue weighted by Crippen LogP contribution is -2.10. The smallest absolute Gasteiger partial charge is 0.0132 e. The van der Waals surface area contributed by atoms with Crippen LogP contribution in [0.1, 0.15) is 63.8 Å². The molecule has 0 amide bonds. The predicted molar refractivity (Wildman–Crippen MR) is 102 cm³/mol. The second-order valence-electron chi connectivity index (χ2n) is 6.40. The van der Waals surface area contributed by atoms with E-state index >= 15 is 0 Å². The molecule has 0 bridgehead atoms. The monoisotopic (exact) mass is 298 g/mol. The molecule has 2 rings (SSSR count). The van der Waals surface area contributed by atoms with E-state index in [1.54, 1.807) is 0 Å². The summed E-state index contributed by atoms with van der Waals surface area (Å²) in [6.07, 6.45) is 1.15. The predicted octanol–water partition coefficient (Wildman–Crippen LogP) is 6.88. The molecule has 0 radical (unpaired) electrons. The number of benzene rings is 2. The molecule has 0 N–H and O–H groups in total. The molecule has 0 saturated heterocycles. The zero-order valence-electron chi connectivity index (χ0n) is 15.8. The van der Waals surface area contributed by atoms with Crippen LogP contribution in [-0.2, 0) is 11.8 Å². The lowest BCUT2D eigenvalue weighted by atomic mass is 9.87. The molecule has 0 heterocycles. The van der Waals surface area contributed by atoms with Gasteiger partial charge in [0.2, 0.25) is 0 Å². The maximum Gasteiger partial charge on any atom is -0.0132 e. The van der Waals surface area contributed by atoms with Gasteiger partial charge in [0, 0.05) is 0 Å². The van der Waals surface area contributed by atoms with Gasteiger partial charge in [-0.05, 0) is 42.4 Å². The van der Waals surface area contributed by atoms with E-state index in [4.69, 9.17) is 0 Å². The van der Waals surface area contributed by atoms with Crippen LogP contribution in [0.4, 0.5) is 0 Å². The number of hydrogen-bond acceptors (Lipinski definition) is 0. The van der Waals surface area contributed by atoms with E-state index < -0.39 is 0 Å². The Morgan fingerprint density at radius 1 is 0.773 bits per heavy atom. The van der Waals surface area contributed by atoms with Crippen LogP contribution in [0.15, 0.2) is 48.5 Å². The first-order valence-electron chi connectivity index (χ1n) is 8.46. The molecule has 0 unspecified atom stereocenters. The molecule has 22 heavy (non-hydrogen) atoms. The van der Waals surface area contributed by atoms with Crippen molar-refractivity contribution in [3.63, 3.8) is 0 Å². The lowest BCUT2D eigenvalue weighted by Gasteiger charge is -2.18. The first-order chi connectivity index (χ1) is 10.3. The summed E-state index contributed by atoms with van der Waals surface area (Å²) in [6, 6.07) is 17.2. The molecule has 122 valence electrons. The van der Waals surface area contributed by atoms with Crippen LogP contribution in [0.3, 0.4) is 0 Å². The van der Waals surface area contributed by atoms with Gasteiger partial charge in [-0.1, -0.05) is 95.6 Å². The summed E-state index contributed by atoms with van der Waals surface area (Å²) >= 11 is 0. The van der Waals surface area contributed by atoms with Crippen molar-refractivity contribution < 1.29 is 0 Å². The normalized spacial score (nSPS) is 10.0. The Labute approximate surface area is 138 Å². The summed E-state index contributed by atoms with van der Waals surface area (Å²) in [7, 11) is 0. The van der Waals surface area contributed by atoms with Crippen molar-refractivity contribution in [3.8, 4) is 0 Å². The third-order valence-electron chi connectivity index (χ3n) is 3.56. The first-order valence-corrected chi connectivity index (χ1v) is 8.46. The molecule has 2 aromatic rings. The van der Waals surface area contributed by atoms with E-state index in [1.807, 2.05) is 13.8 Å². The highest BCUT2D eigenvalue weighted by Gasteiger charge is 2.11. The second kappa shape index (κ2) is 10.2. The van der Waals surface area contributed by atoms with Gasteiger partial charge in [-0.15, -0.1) is 0 Å². The average Bonchev–Trinajstić information content (AvgIpc) is 2.50. The van der Waals surface area contributed by atoms with Crippen molar-refractivity contribution in [2.45, 2.75) is 67.2 Å². The Bertz CT molecular complexity index is 512. The van der Waals surface area contributed by atoms with E-state index in [1.165, 1.54) is 22.3 Å². The average molecular weight is 299 g/mol. The summed E-state index contributed by atoms with van der Waals surface area (Å²) in [5, 5.41) is 0. The largest absolute Gasteiger partial charge is 0.0683 e. The van der Waals surface area contributed by atoms with Gasteiger partial charge in [-0.2, -0.15) is 0 Å². The third kappa shape index (κ3) is 7.45. The highest BCUT2D eigenvalue weighted by Crippen LogP contribution is 2.21. The van der Waals surface area contributed by atoms with Gasteiger partial charge in [-0.25, -0.2) is 0 Å². The molecule has 0 spiro atoms. The maximum absolute atomic E-state index is 2.23. The van der Waals surface area contributed by atoms with Crippen molar-refractivity contribution in [3.05, 3.63) is 70.8 Å². The van der Waals surface area contributed by atoms with Crippen molar-refractivity contribution in [2.75, 3.05) is 0 Å². The summed E-state index contributed by atoms with van der Waals surface area (Å²) < 4.78 is 0. The third-order valence-corrected chi connectivity index (χ3v) is 3.56. The van der Waals surface area contributed by atoms with Crippen LogP contribution in [0.25, 0.3) is 0 Å². The quantitative estimate of drug-likeness (QED) is 0.538. The minimum absolute atomic E-state index is 0.285. The second-order valence-corrected chi connectivity index (χ2v) is 6.40. The molecule has 0 aromatic heterocycles. The van der Waals surface area contributed by atoms with Crippen LogP contribution >= 0.6 is 0 Å². The van der Waals surface area contributed by atoms with Crippen LogP contribution in [0.2, 0.25) is 0 Å². The Hall–Kier alpha value is -1.56. The number of rotatable bonds is 1. The van der Waals surface area contributed by atoms with E-state index in [-0.39, 0.29) is 5.41 Å². The molecule has 0 aliphatic carbocycles. The zero-order chi connectivity index (χ0) is 17.2. The Morgan fingerprint density at radius 3 is 1.64 bits per heavy atom. The fraction of sp³-hybridized carbons (Fsp3) is 0.455. The van der Waals surface area contributed by atoms with Crippen molar-refractivity contribution in [1.82, 2.24) is 0 Å². The number of hydrogen-bond donors (Lipinski definition) is 0. The zero-order valence-corrected chi connectivity index (χ0v) is 15.8. The van der Waals surface area contributed by atoms with E-state index in [0.29, 0.717) is 0 Å². The molecule has 2 aromatic carbocycles. The van der Waals surface area contributed by atoms with Crippen molar-refractivity contribution in [2.24, 2.45) is 0 Å².